The second-order valence-electron chi connectivity index (χ2n) is 3.56. The number of anilines is 2. The summed E-state index contributed by atoms with van der Waals surface area (Å²) in [5, 5.41) is 12.8. The fourth-order valence-electron chi connectivity index (χ4n) is 1.40. The van der Waals surface area contributed by atoms with E-state index in [2.05, 4.69) is 15.7 Å². The Labute approximate surface area is 110 Å². The number of aliphatic hydroxyl groups excluding tert-OH is 1. The van der Waals surface area contributed by atoms with Crippen molar-refractivity contribution < 1.29 is 5.11 Å². The van der Waals surface area contributed by atoms with Crippen LogP contribution in [0.1, 0.15) is 19.8 Å². The van der Waals surface area contributed by atoms with E-state index < -0.39 is 0 Å². The van der Waals surface area contributed by atoms with E-state index in [1.54, 1.807) is 6.07 Å². The van der Waals surface area contributed by atoms with Crippen molar-refractivity contribution in [3.63, 3.8) is 0 Å². The van der Waals surface area contributed by atoms with Crippen LogP contribution in [0.4, 0.5) is 11.6 Å². The fourth-order valence-corrected chi connectivity index (χ4v) is 1.86. The number of nitrogens with zero attached hydrogens (tertiary/aromatic N) is 1. The van der Waals surface area contributed by atoms with E-state index in [1.165, 1.54) is 0 Å². The molecule has 0 aliphatic heterocycles. The van der Waals surface area contributed by atoms with Crippen LogP contribution in [0.3, 0.4) is 0 Å². The van der Waals surface area contributed by atoms with Gasteiger partial charge in [0.2, 0.25) is 0 Å². The molecule has 0 saturated carbocycles. The molecule has 1 rings (SSSR count). The van der Waals surface area contributed by atoms with Gasteiger partial charge in [0.1, 0.15) is 5.82 Å². The summed E-state index contributed by atoms with van der Waals surface area (Å²) in [6.45, 7) is 2.12. The lowest BCUT2D eigenvalue weighted by Crippen LogP contribution is -2.21. The number of nitrogens with two attached hydrogens (primary N) is 1. The molecule has 0 aromatic carbocycles. The first-order valence-corrected chi connectivity index (χ1v) is 6.08. The molecule has 17 heavy (non-hydrogen) atoms. The molecule has 0 saturated heterocycles. The molecule has 1 atom stereocenters. The smallest absolute Gasteiger partial charge is 0.161 e. The molecule has 1 unspecified atom stereocenters. The maximum atomic E-state index is 8.91. The molecular weight excluding hydrogens is 263 g/mol. The maximum absolute atomic E-state index is 8.91. The minimum Gasteiger partial charge on any atom is -0.396 e. The van der Waals surface area contributed by atoms with Crippen molar-refractivity contribution in [1.82, 2.24) is 4.98 Å². The average Bonchev–Trinajstić information content (AvgIpc) is 2.31. The lowest BCUT2D eigenvalue weighted by Gasteiger charge is -2.18. The third-order valence-corrected chi connectivity index (χ3v) is 2.95. The SMILES string of the molecule is CCC(CCO)Nc1nc(NN)c(Cl)cc1Cl. The van der Waals surface area contributed by atoms with E-state index in [-0.39, 0.29) is 12.6 Å². The van der Waals surface area contributed by atoms with Gasteiger partial charge in [-0.2, -0.15) is 0 Å². The molecular formula is C10H16Cl2N4O. The number of pyridine rings is 1. The quantitative estimate of drug-likeness (QED) is 0.474. The molecule has 1 heterocycles. The number of rotatable bonds is 6. The molecule has 5 N–H and O–H groups in total. The number of hydrogen-bond donors (Lipinski definition) is 4. The largest absolute Gasteiger partial charge is 0.396 e. The summed E-state index contributed by atoms with van der Waals surface area (Å²) in [6, 6.07) is 1.68. The normalized spacial score (nSPS) is 12.3. The van der Waals surface area contributed by atoms with Crippen LogP contribution >= 0.6 is 23.2 Å². The number of nitrogen functional groups attached to an aromatic ring is 1. The Bertz CT molecular complexity index is 376. The first-order valence-electron chi connectivity index (χ1n) is 5.32. The lowest BCUT2D eigenvalue weighted by atomic mass is 10.1. The topological polar surface area (TPSA) is 83.2 Å². The van der Waals surface area contributed by atoms with Gasteiger partial charge in [0.15, 0.2) is 5.82 Å². The molecule has 1 aromatic heterocycles. The molecule has 7 heteroatoms. The zero-order valence-electron chi connectivity index (χ0n) is 9.50. The number of aliphatic hydroxyl groups is 1. The predicted octanol–water partition coefficient (Wildman–Crippen LogP) is 2.25. The molecule has 0 bridgehead atoms. The van der Waals surface area contributed by atoms with Crippen LogP contribution in [-0.4, -0.2) is 22.7 Å². The summed E-state index contributed by atoms with van der Waals surface area (Å²) in [5.74, 6) is 6.15. The van der Waals surface area contributed by atoms with Gasteiger partial charge in [-0.3, -0.25) is 0 Å². The minimum atomic E-state index is 0.108. The third-order valence-electron chi connectivity index (χ3n) is 2.38. The third kappa shape index (κ3) is 3.89. The van der Waals surface area contributed by atoms with Crippen LogP contribution in [0.15, 0.2) is 6.07 Å². The van der Waals surface area contributed by atoms with Crippen LogP contribution in [0.25, 0.3) is 0 Å². The number of aromatic nitrogens is 1. The highest BCUT2D eigenvalue weighted by Gasteiger charge is 2.12. The van der Waals surface area contributed by atoms with E-state index in [0.717, 1.165) is 6.42 Å². The summed E-state index contributed by atoms with van der Waals surface area (Å²) in [5.41, 5.74) is 2.40. The highest BCUT2D eigenvalue weighted by Crippen LogP contribution is 2.29. The first kappa shape index (κ1) is 14.3. The molecule has 0 aliphatic carbocycles. The van der Waals surface area contributed by atoms with Crippen LogP contribution in [0.2, 0.25) is 10.0 Å². The van der Waals surface area contributed by atoms with Gasteiger partial charge in [0.25, 0.3) is 0 Å². The Kier molecular flexibility index (Phi) is 5.77. The molecule has 1 aromatic rings. The van der Waals surface area contributed by atoms with E-state index in [9.17, 15) is 0 Å². The second kappa shape index (κ2) is 6.86. The number of halogens is 2. The number of nitrogens with one attached hydrogen (secondary N) is 2. The molecule has 0 radical (unpaired) electrons. The minimum absolute atomic E-state index is 0.108. The lowest BCUT2D eigenvalue weighted by molar-refractivity contribution is 0.278. The van der Waals surface area contributed by atoms with Crippen molar-refractivity contribution in [1.29, 1.82) is 0 Å². The predicted molar refractivity (Wildman–Crippen MR) is 71.5 cm³/mol. The van der Waals surface area contributed by atoms with Gasteiger partial charge in [0.05, 0.1) is 10.0 Å². The van der Waals surface area contributed by atoms with Gasteiger partial charge >= 0.3 is 0 Å². The molecule has 5 nitrogen and oxygen atoms in total. The van der Waals surface area contributed by atoms with Crippen LogP contribution in [0.5, 0.6) is 0 Å². The Morgan fingerprint density at radius 1 is 1.41 bits per heavy atom. The van der Waals surface area contributed by atoms with Crippen molar-refractivity contribution in [3.05, 3.63) is 16.1 Å². The second-order valence-corrected chi connectivity index (χ2v) is 4.37. The van der Waals surface area contributed by atoms with Crippen molar-refractivity contribution >= 4 is 34.8 Å². The van der Waals surface area contributed by atoms with Gasteiger partial charge in [-0.1, -0.05) is 30.1 Å². The average molecular weight is 279 g/mol. The molecule has 0 amide bonds. The maximum Gasteiger partial charge on any atom is 0.161 e. The Morgan fingerprint density at radius 3 is 2.59 bits per heavy atom. The number of hydrogen-bond acceptors (Lipinski definition) is 5. The zero-order valence-corrected chi connectivity index (χ0v) is 11.0. The standard InChI is InChI=1S/C10H16Cl2N4O/c1-2-6(3-4-17)14-9-7(11)5-8(12)10(15-9)16-13/h5-6,17H,2-4,13H2,1H3,(H2,14,15,16). The van der Waals surface area contributed by atoms with Crippen molar-refractivity contribution in [3.8, 4) is 0 Å². The summed E-state index contributed by atoms with van der Waals surface area (Å²) < 4.78 is 0. The van der Waals surface area contributed by atoms with Gasteiger partial charge < -0.3 is 15.8 Å². The summed E-state index contributed by atoms with van der Waals surface area (Å²) in [7, 11) is 0. The fraction of sp³-hybridized carbons (Fsp3) is 0.500. The van der Waals surface area contributed by atoms with Gasteiger partial charge in [0, 0.05) is 12.6 Å². The van der Waals surface area contributed by atoms with E-state index in [4.69, 9.17) is 34.2 Å². The zero-order chi connectivity index (χ0) is 12.8. The summed E-state index contributed by atoms with van der Waals surface area (Å²) >= 11 is 11.9. The summed E-state index contributed by atoms with van der Waals surface area (Å²) in [4.78, 5) is 4.17. The van der Waals surface area contributed by atoms with Gasteiger partial charge in [-0.25, -0.2) is 10.8 Å². The molecule has 96 valence electrons. The van der Waals surface area contributed by atoms with Crippen molar-refractivity contribution in [2.75, 3.05) is 17.3 Å². The molecule has 0 aliphatic rings. The monoisotopic (exact) mass is 278 g/mol. The Balaban J connectivity index is 2.89. The van der Waals surface area contributed by atoms with Crippen molar-refractivity contribution in [2.24, 2.45) is 5.84 Å². The van der Waals surface area contributed by atoms with Crippen LogP contribution in [0, 0.1) is 0 Å². The van der Waals surface area contributed by atoms with Gasteiger partial charge in [-0.15, -0.1) is 0 Å². The summed E-state index contributed by atoms with van der Waals surface area (Å²) in [6.07, 6.45) is 1.48. The molecule has 0 spiro atoms. The highest BCUT2D eigenvalue weighted by atomic mass is 35.5. The van der Waals surface area contributed by atoms with E-state index in [1.807, 2.05) is 6.92 Å². The molecule has 0 fully saturated rings. The number of hydrazine groups is 1. The Hall–Kier alpha value is -0.750. The van der Waals surface area contributed by atoms with Gasteiger partial charge in [-0.05, 0) is 18.9 Å². The van der Waals surface area contributed by atoms with E-state index >= 15 is 0 Å². The van der Waals surface area contributed by atoms with Crippen molar-refractivity contribution in [2.45, 2.75) is 25.8 Å². The highest BCUT2D eigenvalue weighted by molar-refractivity contribution is 6.37. The van der Waals surface area contributed by atoms with Crippen LogP contribution in [-0.2, 0) is 0 Å². The Morgan fingerprint density at radius 2 is 2.06 bits per heavy atom. The van der Waals surface area contributed by atoms with E-state index in [0.29, 0.717) is 28.1 Å². The first-order chi connectivity index (χ1) is 8.12. The van der Waals surface area contributed by atoms with Crippen LogP contribution < -0.4 is 16.6 Å².